The van der Waals surface area contributed by atoms with Crippen molar-refractivity contribution in [3.05, 3.63) is 48.0 Å². The Labute approximate surface area is 95.8 Å². The lowest BCUT2D eigenvalue weighted by Gasteiger charge is -1.95. The summed E-state index contributed by atoms with van der Waals surface area (Å²) in [5.74, 6) is 5.88. The highest BCUT2D eigenvalue weighted by Gasteiger charge is 1.84. The molecule has 0 unspecified atom stereocenters. The first-order chi connectivity index (χ1) is 7.33. The molecule has 0 heterocycles. The highest BCUT2D eigenvalue weighted by Crippen LogP contribution is 1.94. The standard InChI is InChI=1S/C13H12OS/c1-2-14-13(15)11-7-6-10-12-8-4-3-5-9-12/h3-5,7-9,11H,2H2,1H3/b11-7+. The van der Waals surface area contributed by atoms with Crippen LogP contribution in [0.25, 0.3) is 0 Å². The molecule has 0 fully saturated rings. The molecule has 76 valence electrons. The van der Waals surface area contributed by atoms with Crippen molar-refractivity contribution in [2.75, 3.05) is 6.61 Å². The molecule has 0 bridgehead atoms. The molecule has 1 nitrogen and oxygen atoms in total. The van der Waals surface area contributed by atoms with Gasteiger partial charge < -0.3 is 4.74 Å². The lowest BCUT2D eigenvalue weighted by atomic mass is 10.2. The maximum absolute atomic E-state index is 5.07. The fraction of sp³-hybridized carbons (Fsp3) is 0.154. The number of benzene rings is 1. The fourth-order valence-corrected chi connectivity index (χ4v) is 1.13. The van der Waals surface area contributed by atoms with Crippen LogP contribution in [-0.2, 0) is 4.74 Å². The minimum absolute atomic E-state index is 0.472. The molecule has 15 heavy (non-hydrogen) atoms. The van der Waals surface area contributed by atoms with Crippen molar-refractivity contribution >= 4 is 17.3 Å². The molecule has 0 aliphatic rings. The van der Waals surface area contributed by atoms with Crippen molar-refractivity contribution in [1.29, 1.82) is 0 Å². The summed E-state index contributed by atoms with van der Waals surface area (Å²) in [6.07, 6.45) is 3.39. The van der Waals surface area contributed by atoms with Crippen LogP contribution in [0.4, 0.5) is 0 Å². The van der Waals surface area contributed by atoms with Gasteiger partial charge in [-0.1, -0.05) is 30.0 Å². The van der Waals surface area contributed by atoms with Gasteiger partial charge in [0.15, 0.2) is 5.05 Å². The van der Waals surface area contributed by atoms with Crippen LogP contribution in [0.15, 0.2) is 42.5 Å². The van der Waals surface area contributed by atoms with E-state index in [0.29, 0.717) is 11.7 Å². The lowest BCUT2D eigenvalue weighted by molar-refractivity contribution is 0.339. The molecule has 0 aromatic heterocycles. The van der Waals surface area contributed by atoms with Gasteiger partial charge in [-0.05, 0) is 37.4 Å². The normalized spacial score (nSPS) is 9.40. The molecule has 2 heteroatoms. The van der Waals surface area contributed by atoms with Crippen molar-refractivity contribution in [2.45, 2.75) is 6.92 Å². The molecule has 0 aliphatic carbocycles. The van der Waals surface area contributed by atoms with Gasteiger partial charge in [-0.2, -0.15) is 0 Å². The minimum atomic E-state index is 0.472. The molecule has 0 atom stereocenters. The van der Waals surface area contributed by atoms with Gasteiger partial charge in [0.05, 0.1) is 6.61 Å². The number of hydrogen-bond donors (Lipinski definition) is 0. The molecular weight excluding hydrogens is 204 g/mol. The predicted molar refractivity (Wildman–Crippen MR) is 66.7 cm³/mol. The maximum atomic E-state index is 5.07. The second-order valence-corrected chi connectivity index (χ2v) is 3.12. The Kier molecular flexibility index (Phi) is 5.21. The van der Waals surface area contributed by atoms with E-state index in [1.165, 1.54) is 0 Å². The van der Waals surface area contributed by atoms with E-state index in [1.54, 1.807) is 12.2 Å². The number of thiocarbonyl (C=S) groups is 1. The van der Waals surface area contributed by atoms with Crippen LogP contribution < -0.4 is 0 Å². The van der Waals surface area contributed by atoms with Crippen molar-refractivity contribution in [3.8, 4) is 11.8 Å². The van der Waals surface area contributed by atoms with E-state index in [9.17, 15) is 0 Å². The van der Waals surface area contributed by atoms with Gasteiger partial charge in [0.1, 0.15) is 0 Å². The molecule has 0 aliphatic heterocycles. The molecule has 0 amide bonds. The van der Waals surface area contributed by atoms with Gasteiger partial charge in [-0.25, -0.2) is 0 Å². The SMILES string of the molecule is CCOC(=S)/C=C/C#Cc1ccccc1. The number of ether oxygens (including phenoxy) is 1. The third-order valence-electron chi connectivity index (χ3n) is 1.58. The first kappa shape index (κ1) is 11.5. The van der Waals surface area contributed by atoms with Gasteiger partial charge in [0.2, 0.25) is 0 Å². The Morgan fingerprint density at radius 3 is 2.80 bits per heavy atom. The first-order valence-electron chi connectivity index (χ1n) is 4.73. The van der Waals surface area contributed by atoms with E-state index < -0.39 is 0 Å². The Bertz CT molecular complexity index is 396. The molecule has 0 spiro atoms. The molecular formula is C13H12OS. The molecule has 0 saturated carbocycles. The van der Waals surface area contributed by atoms with Crippen LogP contribution in [0.3, 0.4) is 0 Å². The van der Waals surface area contributed by atoms with Crippen LogP contribution in [0.1, 0.15) is 12.5 Å². The zero-order valence-corrected chi connectivity index (χ0v) is 9.38. The summed E-state index contributed by atoms with van der Waals surface area (Å²) in [4.78, 5) is 0. The van der Waals surface area contributed by atoms with E-state index in [1.807, 2.05) is 37.3 Å². The average molecular weight is 216 g/mol. The number of allylic oxidation sites excluding steroid dienone is 1. The van der Waals surface area contributed by atoms with E-state index in [2.05, 4.69) is 11.8 Å². The Morgan fingerprint density at radius 1 is 1.40 bits per heavy atom. The summed E-state index contributed by atoms with van der Waals surface area (Å²) in [5.41, 5.74) is 0.990. The van der Waals surface area contributed by atoms with E-state index in [4.69, 9.17) is 17.0 Å². The van der Waals surface area contributed by atoms with Crippen LogP contribution in [0, 0.1) is 11.8 Å². The Balaban J connectivity index is 2.50. The second kappa shape index (κ2) is 6.80. The van der Waals surface area contributed by atoms with E-state index in [0.717, 1.165) is 5.56 Å². The second-order valence-electron chi connectivity index (χ2n) is 2.72. The summed E-state index contributed by atoms with van der Waals surface area (Å²) < 4.78 is 5.07. The monoisotopic (exact) mass is 216 g/mol. The Hall–Kier alpha value is -1.59. The van der Waals surface area contributed by atoms with Crippen molar-refractivity contribution in [1.82, 2.24) is 0 Å². The summed E-state index contributed by atoms with van der Waals surface area (Å²) in [5, 5.41) is 0.472. The number of hydrogen-bond acceptors (Lipinski definition) is 2. The van der Waals surface area contributed by atoms with Crippen LogP contribution >= 0.6 is 12.2 Å². The highest BCUT2D eigenvalue weighted by molar-refractivity contribution is 7.80. The zero-order chi connectivity index (χ0) is 10.9. The van der Waals surface area contributed by atoms with Gasteiger partial charge in [0, 0.05) is 11.6 Å². The average Bonchev–Trinajstić information content (AvgIpc) is 2.26. The third-order valence-corrected chi connectivity index (χ3v) is 1.83. The van der Waals surface area contributed by atoms with Crippen molar-refractivity contribution in [3.63, 3.8) is 0 Å². The number of rotatable bonds is 2. The summed E-state index contributed by atoms with van der Waals surface area (Å²) >= 11 is 4.91. The highest BCUT2D eigenvalue weighted by atomic mass is 32.1. The van der Waals surface area contributed by atoms with Gasteiger partial charge in [-0.15, -0.1) is 0 Å². The smallest absolute Gasteiger partial charge is 0.184 e. The fourth-order valence-electron chi connectivity index (χ4n) is 0.947. The third kappa shape index (κ3) is 4.99. The van der Waals surface area contributed by atoms with Crippen LogP contribution in [0.2, 0.25) is 0 Å². The van der Waals surface area contributed by atoms with Gasteiger partial charge in [0.25, 0.3) is 0 Å². The molecule has 1 aromatic carbocycles. The van der Waals surface area contributed by atoms with Crippen LogP contribution in [-0.4, -0.2) is 11.7 Å². The van der Waals surface area contributed by atoms with E-state index in [-0.39, 0.29) is 0 Å². The quantitative estimate of drug-likeness (QED) is 0.427. The lowest BCUT2D eigenvalue weighted by Crippen LogP contribution is -1.95. The molecule has 0 N–H and O–H groups in total. The maximum Gasteiger partial charge on any atom is 0.184 e. The van der Waals surface area contributed by atoms with Crippen LogP contribution in [0.5, 0.6) is 0 Å². The molecule has 1 rings (SSSR count). The van der Waals surface area contributed by atoms with Gasteiger partial charge >= 0.3 is 0 Å². The topological polar surface area (TPSA) is 9.23 Å². The summed E-state index contributed by atoms with van der Waals surface area (Å²) in [6, 6.07) is 9.80. The van der Waals surface area contributed by atoms with E-state index >= 15 is 0 Å². The van der Waals surface area contributed by atoms with Gasteiger partial charge in [-0.3, -0.25) is 0 Å². The van der Waals surface area contributed by atoms with Crippen molar-refractivity contribution in [2.24, 2.45) is 0 Å². The van der Waals surface area contributed by atoms with Crippen molar-refractivity contribution < 1.29 is 4.74 Å². The minimum Gasteiger partial charge on any atom is -0.484 e. The summed E-state index contributed by atoms with van der Waals surface area (Å²) in [7, 11) is 0. The predicted octanol–water partition coefficient (Wildman–Crippen LogP) is 2.96. The zero-order valence-electron chi connectivity index (χ0n) is 8.57. The molecule has 0 radical (unpaired) electrons. The molecule has 1 aromatic rings. The molecule has 0 saturated heterocycles. The summed E-state index contributed by atoms with van der Waals surface area (Å²) in [6.45, 7) is 2.49. The Morgan fingerprint density at radius 2 is 2.13 bits per heavy atom. The first-order valence-corrected chi connectivity index (χ1v) is 5.13. The largest absolute Gasteiger partial charge is 0.484 e.